The predicted molar refractivity (Wildman–Crippen MR) is 139 cm³/mol. The molecule has 0 amide bonds. The van der Waals surface area contributed by atoms with Crippen LogP contribution in [0.1, 0.15) is 44.1 Å². The molecule has 3 aromatic heterocycles. The van der Waals surface area contributed by atoms with Crippen LogP contribution in [0.4, 0.5) is 27.6 Å². The van der Waals surface area contributed by atoms with Crippen LogP contribution in [0, 0.1) is 11.6 Å². The Hall–Kier alpha value is -4.36. The largest absolute Gasteiger partial charge is 0.494 e. The number of fused-ring (bicyclic) bond motifs is 1. The zero-order chi connectivity index (χ0) is 29.4. The monoisotopic (exact) mass is 566 g/mol. The number of nitrogens with one attached hydrogen (secondary N) is 1. The first-order chi connectivity index (χ1) is 18.9. The van der Waals surface area contributed by atoms with E-state index >= 15 is 0 Å². The Balaban J connectivity index is 0.000000204. The van der Waals surface area contributed by atoms with E-state index in [1.807, 2.05) is 0 Å². The van der Waals surface area contributed by atoms with Gasteiger partial charge in [0.25, 0.3) is 11.1 Å². The number of nitrogen functional groups attached to an aromatic ring is 1. The number of benzene rings is 1. The summed E-state index contributed by atoms with van der Waals surface area (Å²) in [5.74, 6) is -0.808. The maximum absolute atomic E-state index is 14.2. The number of nitrogens with two attached hydrogens (primary N) is 1. The van der Waals surface area contributed by atoms with Gasteiger partial charge in [-0.25, -0.2) is 23.8 Å². The second-order valence-corrected chi connectivity index (χ2v) is 8.87. The van der Waals surface area contributed by atoms with Crippen molar-refractivity contribution >= 4 is 16.5 Å². The fourth-order valence-electron chi connectivity index (χ4n) is 3.93. The van der Waals surface area contributed by atoms with Gasteiger partial charge in [-0.05, 0) is 12.1 Å². The van der Waals surface area contributed by atoms with E-state index in [0.717, 1.165) is 23.0 Å². The van der Waals surface area contributed by atoms with Crippen molar-refractivity contribution in [3.05, 3.63) is 74.8 Å². The van der Waals surface area contributed by atoms with Gasteiger partial charge in [-0.1, -0.05) is 38.5 Å². The lowest BCUT2D eigenvalue weighted by Gasteiger charge is -2.07. The highest BCUT2D eigenvalue weighted by atomic mass is 19.4. The highest BCUT2D eigenvalue weighted by Gasteiger charge is 2.36. The third-order valence-corrected chi connectivity index (χ3v) is 6.00. The molecule has 3 heterocycles. The number of pyridine rings is 1. The van der Waals surface area contributed by atoms with Gasteiger partial charge < -0.3 is 15.0 Å². The number of nitrogens with zero attached hydrogens (tertiary/aromatic N) is 4. The summed E-state index contributed by atoms with van der Waals surface area (Å²) in [5, 5.41) is 4.73. The maximum atomic E-state index is 14.2. The fourth-order valence-corrected chi connectivity index (χ4v) is 3.93. The second kappa shape index (κ2) is 13.1. The molecule has 1 aliphatic carbocycles. The minimum Gasteiger partial charge on any atom is -0.494 e. The molecule has 5 rings (SSSR count). The summed E-state index contributed by atoms with van der Waals surface area (Å²) in [7, 11) is 2.86. The van der Waals surface area contributed by atoms with Gasteiger partial charge in [0.2, 0.25) is 0 Å². The molecule has 0 saturated heterocycles. The Morgan fingerprint density at radius 3 is 1.98 bits per heavy atom. The Morgan fingerprint density at radius 1 is 0.925 bits per heavy atom. The molecular weight excluding hydrogens is 539 g/mol. The van der Waals surface area contributed by atoms with Gasteiger partial charge in [0.05, 0.1) is 42.3 Å². The first-order valence-electron chi connectivity index (χ1n) is 12.2. The molecule has 0 radical (unpaired) electrons. The maximum Gasteiger partial charge on any atom is 0.423 e. The summed E-state index contributed by atoms with van der Waals surface area (Å²) >= 11 is 0. The number of alkyl halides is 3. The van der Waals surface area contributed by atoms with E-state index in [9.17, 15) is 31.5 Å². The van der Waals surface area contributed by atoms with Crippen LogP contribution in [0.15, 0.2) is 46.5 Å². The summed E-state index contributed by atoms with van der Waals surface area (Å²) in [6, 6.07) is 2.24. The number of hydrogen-bond donors (Lipinski definition) is 2. The van der Waals surface area contributed by atoms with Crippen LogP contribution in [0.2, 0.25) is 0 Å². The van der Waals surface area contributed by atoms with Gasteiger partial charge in [-0.3, -0.25) is 9.59 Å². The average molecular weight is 567 g/mol. The molecule has 0 atom stereocenters. The number of halogens is 5. The van der Waals surface area contributed by atoms with E-state index in [4.69, 9.17) is 10.5 Å². The molecule has 0 unspecified atom stereocenters. The molecule has 1 aliphatic rings. The Bertz CT molecular complexity index is 1550. The van der Waals surface area contributed by atoms with Crippen molar-refractivity contribution in [3.63, 3.8) is 0 Å². The molecular formula is C26H27F5N6O3. The summed E-state index contributed by atoms with van der Waals surface area (Å²) in [5.41, 5.74) is 1.04. The Morgan fingerprint density at radius 2 is 1.50 bits per heavy atom. The van der Waals surface area contributed by atoms with Crippen LogP contribution in [0.3, 0.4) is 0 Å². The number of aromatic amines is 1. The van der Waals surface area contributed by atoms with E-state index < -0.39 is 40.2 Å². The van der Waals surface area contributed by atoms with Crippen LogP contribution in [-0.2, 0) is 13.2 Å². The van der Waals surface area contributed by atoms with Gasteiger partial charge in [0, 0.05) is 18.6 Å². The summed E-state index contributed by atoms with van der Waals surface area (Å²) in [6.45, 7) is 0. The van der Waals surface area contributed by atoms with E-state index in [-0.39, 0.29) is 22.2 Å². The zero-order valence-electron chi connectivity index (χ0n) is 21.7. The van der Waals surface area contributed by atoms with Crippen molar-refractivity contribution in [2.45, 2.75) is 44.7 Å². The molecule has 4 aromatic rings. The van der Waals surface area contributed by atoms with Crippen molar-refractivity contribution in [1.82, 2.24) is 24.7 Å². The fraction of sp³-hybridized carbons (Fsp3) is 0.346. The molecule has 0 bridgehead atoms. The topological polar surface area (TPSA) is 129 Å². The van der Waals surface area contributed by atoms with Crippen molar-refractivity contribution in [1.29, 1.82) is 0 Å². The minimum absolute atomic E-state index is 0.0160. The van der Waals surface area contributed by atoms with Crippen molar-refractivity contribution in [2.24, 2.45) is 7.05 Å². The lowest BCUT2D eigenvalue weighted by molar-refractivity contribution is -0.138. The standard InChI is InChI=1S/C15H11F2N3O2.C6H12.C5H4F3N3O/c1-20-7-13(17)9-3-11(12(16)4-10(9)15(20)21)14-18-5-8(22-2)6-19-14;1-2-4-6-5-3-1;6-5(7,8)3-2(9)1-10-11-4(3)12/h3-7H,1-2H3;1-6H2;1H,(H3,9,11,12). The van der Waals surface area contributed by atoms with E-state index in [0.29, 0.717) is 5.75 Å². The lowest BCUT2D eigenvalue weighted by Crippen LogP contribution is -2.24. The smallest absolute Gasteiger partial charge is 0.423 e. The van der Waals surface area contributed by atoms with Crippen molar-refractivity contribution < 1.29 is 26.7 Å². The lowest BCUT2D eigenvalue weighted by atomic mass is 10.0. The molecule has 40 heavy (non-hydrogen) atoms. The average Bonchev–Trinajstić information content (AvgIpc) is 2.92. The predicted octanol–water partition coefficient (Wildman–Crippen LogP) is 4.99. The van der Waals surface area contributed by atoms with Gasteiger partial charge in [-0.15, -0.1) is 0 Å². The van der Waals surface area contributed by atoms with Crippen molar-refractivity contribution in [2.75, 3.05) is 12.8 Å². The van der Waals surface area contributed by atoms with Crippen molar-refractivity contribution in [3.8, 4) is 17.1 Å². The number of aromatic nitrogens is 5. The molecule has 14 heteroatoms. The van der Waals surface area contributed by atoms with Crippen LogP contribution in [0.25, 0.3) is 22.2 Å². The van der Waals surface area contributed by atoms with Crippen LogP contribution in [-0.4, -0.2) is 31.8 Å². The molecule has 9 nitrogen and oxygen atoms in total. The summed E-state index contributed by atoms with van der Waals surface area (Å²) in [6.07, 6.45) is 8.82. The zero-order valence-corrected chi connectivity index (χ0v) is 21.7. The van der Waals surface area contributed by atoms with E-state index in [1.165, 1.54) is 71.1 Å². The summed E-state index contributed by atoms with van der Waals surface area (Å²) in [4.78, 5) is 30.5. The Labute approximate surface area is 224 Å². The first kappa shape index (κ1) is 30.2. The van der Waals surface area contributed by atoms with E-state index in [2.05, 4.69) is 15.1 Å². The molecule has 214 valence electrons. The second-order valence-electron chi connectivity index (χ2n) is 8.87. The molecule has 1 saturated carbocycles. The molecule has 0 spiro atoms. The third kappa shape index (κ3) is 7.39. The molecule has 1 aromatic carbocycles. The highest BCUT2D eigenvalue weighted by Crippen LogP contribution is 2.29. The molecule has 1 fully saturated rings. The van der Waals surface area contributed by atoms with Gasteiger partial charge >= 0.3 is 6.18 Å². The number of hydrogen-bond acceptors (Lipinski definition) is 7. The van der Waals surface area contributed by atoms with Gasteiger partial charge in [0.15, 0.2) is 11.6 Å². The van der Waals surface area contributed by atoms with Gasteiger partial charge in [-0.2, -0.15) is 18.3 Å². The van der Waals surface area contributed by atoms with Crippen LogP contribution >= 0.6 is 0 Å². The molecule has 3 N–H and O–H groups in total. The number of aryl methyl sites for hydroxylation is 1. The summed E-state index contributed by atoms with van der Waals surface area (Å²) < 4.78 is 70.2. The SMILES string of the molecule is C1CCCCC1.COc1cnc(-c2cc3c(F)cn(C)c(=O)c3cc2F)nc1.Nc1cn[nH]c(=O)c1C(F)(F)F. The number of ether oxygens (including phenoxy) is 1. The Kier molecular flexibility index (Phi) is 9.91. The normalized spacial score (nSPS) is 13.1. The number of anilines is 1. The van der Waals surface area contributed by atoms with Gasteiger partial charge in [0.1, 0.15) is 17.2 Å². The molecule has 0 aliphatic heterocycles. The quantitative estimate of drug-likeness (QED) is 0.327. The van der Waals surface area contributed by atoms with E-state index in [1.54, 1.807) is 5.10 Å². The van der Waals surface area contributed by atoms with Crippen LogP contribution in [0.5, 0.6) is 5.75 Å². The number of methoxy groups -OCH3 is 1. The van der Waals surface area contributed by atoms with Crippen LogP contribution < -0.4 is 21.6 Å². The third-order valence-electron chi connectivity index (χ3n) is 6.00. The number of rotatable bonds is 2. The minimum atomic E-state index is -4.74. The number of H-pyrrole nitrogens is 1. The highest BCUT2D eigenvalue weighted by molar-refractivity contribution is 5.86. The first-order valence-corrected chi connectivity index (χ1v) is 12.2.